The van der Waals surface area contributed by atoms with Crippen LogP contribution in [0.3, 0.4) is 0 Å². The molecule has 0 bridgehead atoms. The van der Waals surface area contributed by atoms with Gasteiger partial charge in [0, 0.05) is 26.4 Å². The van der Waals surface area contributed by atoms with Gasteiger partial charge in [-0.25, -0.2) is 19.9 Å². The van der Waals surface area contributed by atoms with E-state index in [4.69, 9.17) is 4.74 Å². The number of aliphatic imine (C=N–C) groups is 1. The number of fused-ring (bicyclic) bond motifs is 1. The summed E-state index contributed by atoms with van der Waals surface area (Å²) in [5.74, 6) is 1.54. The molecule has 0 radical (unpaired) electrons. The third kappa shape index (κ3) is 2.54. The molecule has 2 fully saturated rings. The van der Waals surface area contributed by atoms with Crippen LogP contribution in [0.1, 0.15) is 25.5 Å². The van der Waals surface area contributed by atoms with Crippen molar-refractivity contribution in [2.45, 2.75) is 37.7 Å². The predicted molar refractivity (Wildman–Crippen MR) is 85.9 cm³/mol. The van der Waals surface area contributed by atoms with Crippen molar-refractivity contribution in [2.24, 2.45) is 4.99 Å². The Labute approximate surface area is 138 Å². The van der Waals surface area contributed by atoms with E-state index < -0.39 is 18.4 Å². The summed E-state index contributed by atoms with van der Waals surface area (Å²) >= 11 is 0. The summed E-state index contributed by atoms with van der Waals surface area (Å²) < 4.78 is 7.45. The maximum Gasteiger partial charge on any atom is 0.185 e. The standard InChI is InChI=1S/C15H20N6O3/c1-20-4-2-3-11(20)19-14-13-15(17-7-16-14)21(8-18-13)12-5-9(23)10(6-22)24-12/h7-10,12,22-23H,2-6H2,1H3/t9-,10+,12+/m0/s1. The molecule has 0 amide bonds. The van der Waals surface area contributed by atoms with E-state index in [1.807, 2.05) is 7.05 Å². The van der Waals surface area contributed by atoms with Crippen LogP contribution in [0.15, 0.2) is 17.6 Å². The number of likely N-dealkylation sites (tertiary alicyclic amines) is 1. The summed E-state index contributed by atoms with van der Waals surface area (Å²) in [6, 6.07) is 0. The van der Waals surface area contributed by atoms with Crippen molar-refractivity contribution in [3.8, 4) is 0 Å². The Balaban J connectivity index is 1.70. The first-order chi connectivity index (χ1) is 11.7. The second-order valence-corrected chi connectivity index (χ2v) is 6.19. The van der Waals surface area contributed by atoms with Crippen LogP contribution in [-0.2, 0) is 4.74 Å². The van der Waals surface area contributed by atoms with Gasteiger partial charge < -0.3 is 19.8 Å². The number of aliphatic hydroxyl groups is 2. The molecule has 0 spiro atoms. The Morgan fingerprint density at radius 2 is 2.25 bits per heavy atom. The van der Waals surface area contributed by atoms with E-state index in [0.29, 0.717) is 23.4 Å². The van der Waals surface area contributed by atoms with Gasteiger partial charge in [0.1, 0.15) is 24.5 Å². The summed E-state index contributed by atoms with van der Waals surface area (Å²) in [5, 5.41) is 19.2. The quantitative estimate of drug-likeness (QED) is 0.827. The van der Waals surface area contributed by atoms with Crippen LogP contribution in [0.25, 0.3) is 11.2 Å². The van der Waals surface area contributed by atoms with Crippen molar-refractivity contribution in [3.05, 3.63) is 12.7 Å². The molecule has 0 saturated carbocycles. The molecule has 128 valence electrons. The fourth-order valence-corrected chi connectivity index (χ4v) is 3.24. The zero-order chi connectivity index (χ0) is 16.7. The monoisotopic (exact) mass is 332 g/mol. The molecule has 4 heterocycles. The highest BCUT2D eigenvalue weighted by Crippen LogP contribution is 2.32. The molecule has 2 aliphatic rings. The first kappa shape index (κ1) is 15.4. The Morgan fingerprint density at radius 1 is 1.38 bits per heavy atom. The van der Waals surface area contributed by atoms with Gasteiger partial charge in [-0.15, -0.1) is 0 Å². The molecule has 3 atom stereocenters. The van der Waals surface area contributed by atoms with Crippen LogP contribution in [0.2, 0.25) is 0 Å². The Bertz CT molecular complexity index is 776. The lowest BCUT2D eigenvalue weighted by atomic mass is 10.2. The average Bonchev–Trinajstić information content (AvgIpc) is 3.27. The van der Waals surface area contributed by atoms with Crippen LogP contribution in [0.4, 0.5) is 5.82 Å². The van der Waals surface area contributed by atoms with Gasteiger partial charge in [0.2, 0.25) is 0 Å². The zero-order valence-corrected chi connectivity index (χ0v) is 13.4. The number of rotatable bonds is 3. The number of hydrogen-bond acceptors (Lipinski definition) is 7. The van der Waals surface area contributed by atoms with E-state index in [1.54, 1.807) is 10.9 Å². The van der Waals surface area contributed by atoms with Gasteiger partial charge in [-0.1, -0.05) is 0 Å². The van der Waals surface area contributed by atoms with E-state index >= 15 is 0 Å². The molecule has 2 aromatic heterocycles. The molecule has 2 N–H and O–H groups in total. The van der Waals surface area contributed by atoms with Crippen molar-refractivity contribution in [3.63, 3.8) is 0 Å². The highest BCUT2D eigenvalue weighted by Gasteiger charge is 2.35. The average molecular weight is 332 g/mol. The van der Waals surface area contributed by atoms with Crippen LogP contribution in [-0.4, -0.2) is 72.9 Å². The maximum absolute atomic E-state index is 9.92. The minimum absolute atomic E-state index is 0.218. The lowest BCUT2D eigenvalue weighted by Crippen LogP contribution is -2.24. The largest absolute Gasteiger partial charge is 0.394 e. The molecular weight excluding hydrogens is 312 g/mol. The molecule has 2 aliphatic heterocycles. The third-order valence-electron chi connectivity index (χ3n) is 4.60. The molecule has 24 heavy (non-hydrogen) atoms. The van der Waals surface area contributed by atoms with Gasteiger partial charge in [-0.3, -0.25) is 4.57 Å². The van der Waals surface area contributed by atoms with E-state index in [2.05, 4.69) is 24.8 Å². The molecular formula is C15H20N6O3. The van der Waals surface area contributed by atoms with Crippen LogP contribution >= 0.6 is 0 Å². The summed E-state index contributed by atoms with van der Waals surface area (Å²) in [5.41, 5.74) is 1.22. The van der Waals surface area contributed by atoms with E-state index in [9.17, 15) is 10.2 Å². The molecule has 9 heteroatoms. The lowest BCUT2D eigenvalue weighted by Gasteiger charge is -2.13. The van der Waals surface area contributed by atoms with Crippen molar-refractivity contribution in [1.82, 2.24) is 24.4 Å². The van der Waals surface area contributed by atoms with Gasteiger partial charge in [-0.05, 0) is 6.42 Å². The van der Waals surface area contributed by atoms with Gasteiger partial charge in [-0.2, -0.15) is 0 Å². The number of nitrogens with zero attached hydrogens (tertiary/aromatic N) is 6. The maximum atomic E-state index is 9.92. The second kappa shape index (κ2) is 6.08. The summed E-state index contributed by atoms with van der Waals surface area (Å²) in [6.45, 7) is 0.780. The van der Waals surface area contributed by atoms with Crippen molar-refractivity contribution in [2.75, 3.05) is 20.2 Å². The van der Waals surface area contributed by atoms with Gasteiger partial charge in [0.05, 0.1) is 19.0 Å². The predicted octanol–water partition coefficient (Wildman–Crippen LogP) is 0.223. The number of amidine groups is 1. The fraction of sp³-hybridized carbons (Fsp3) is 0.600. The minimum Gasteiger partial charge on any atom is -0.394 e. The van der Waals surface area contributed by atoms with E-state index in [-0.39, 0.29) is 6.61 Å². The topological polar surface area (TPSA) is 109 Å². The number of imidazole rings is 1. The normalized spacial score (nSPS) is 29.2. The Hall–Kier alpha value is -2.10. The number of hydrogen-bond donors (Lipinski definition) is 2. The van der Waals surface area contributed by atoms with Crippen molar-refractivity contribution in [1.29, 1.82) is 0 Å². The highest BCUT2D eigenvalue weighted by molar-refractivity contribution is 5.90. The minimum atomic E-state index is -0.703. The summed E-state index contributed by atoms with van der Waals surface area (Å²) in [6.07, 6.45) is 3.79. The smallest absolute Gasteiger partial charge is 0.185 e. The molecule has 0 aliphatic carbocycles. The zero-order valence-electron chi connectivity index (χ0n) is 13.4. The third-order valence-corrected chi connectivity index (χ3v) is 4.60. The van der Waals surface area contributed by atoms with Gasteiger partial charge in [0.25, 0.3) is 0 Å². The molecule has 0 aromatic carbocycles. The van der Waals surface area contributed by atoms with Crippen LogP contribution in [0, 0.1) is 0 Å². The Morgan fingerprint density at radius 3 is 2.96 bits per heavy atom. The van der Waals surface area contributed by atoms with Gasteiger partial charge in [0.15, 0.2) is 17.0 Å². The molecule has 0 unspecified atom stereocenters. The van der Waals surface area contributed by atoms with Crippen molar-refractivity contribution < 1.29 is 14.9 Å². The first-order valence-electron chi connectivity index (χ1n) is 8.08. The number of aliphatic hydroxyl groups excluding tert-OH is 2. The number of ether oxygens (including phenoxy) is 1. The fourth-order valence-electron chi connectivity index (χ4n) is 3.24. The van der Waals surface area contributed by atoms with Crippen LogP contribution in [0.5, 0.6) is 0 Å². The molecule has 9 nitrogen and oxygen atoms in total. The Kier molecular flexibility index (Phi) is 3.91. The molecule has 2 aromatic rings. The first-order valence-corrected chi connectivity index (χ1v) is 8.08. The number of aromatic nitrogens is 4. The van der Waals surface area contributed by atoms with Crippen molar-refractivity contribution >= 4 is 22.8 Å². The van der Waals surface area contributed by atoms with Gasteiger partial charge >= 0.3 is 0 Å². The lowest BCUT2D eigenvalue weighted by molar-refractivity contribution is -0.0432. The summed E-state index contributed by atoms with van der Waals surface area (Å²) in [7, 11) is 2.02. The van der Waals surface area contributed by atoms with E-state index in [1.165, 1.54) is 6.33 Å². The second-order valence-electron chi connectivity index (χ2n) is 6.19. The van der Waals surface area contributed by atoms with E-state index in [0.717, 1.165) is 25.2 Å². The SMILES string of the molecule is CN1CCCC1=Nc1ncnc2c1ncn2[C@H]1C[C@H](O)[C@@H](CO)O1. The van der Waals surface area contributed by atoms with Crippen LogP contribution < -0.4 is 0 Å². The summed E-state index contributed by atoms with van der Waals surface area (Å²) in [4.78, 5) is 19.7. The molecule has 4 rings (SSSR count). The highest BCUT2D eigenvalue weighted by atomic mass is 16.5. The molecule has 2 saturated heterocycles.